The molecule has 0 radical (unpaired) electrons. The summed E-state index contributed by atoms with van der Waals surface area (Å²) in [5, 5.41) is 1.86. The van der Waals surface area contributed by atoms with Crippen molar-refractivity contribution >= 4 is 21.4 Å². The largest absolute Gasteiger partial charge is 0.496 e. The van der Waals surface area contributed by atoms with E-state index in [0.717, 1.165) is 20.2 Å². The quantitative estimate of drug-likeness (QED) is 0.562. The lowest BCUT2D eigenvalue weighted by Gasteiger charge is -2.23. The van der Waals surface area contributed by atoms with Gasteiger partial charge in [-0.3, -0.25) is 9.36 Å². The highest BCUT2D eigenvalue weighted by Crippen LogP contribution is 2.25. The van der Waals surface area contributed by atoms with Gasteiger partial charge in [0.05, 0.1) is 7.11 Å². The van der Waals surface area contributed by atoms with Crippen LogP contribution in [0, 0.1) is 0 Å². The lowest BCUT2D eigenvalue weighted by molar-refractivity contribution is 0.376. The molecule has 0 fully saturated rings. The van der Waals surface area contributed by atoms with E-state index in [0.29, 0.717) is 11.3 Å². The van der Waals surface area contributed by atoms with E-state index in [1.165, 1.54) is 36.8 Å². The lowest BCUT2D eigenvalue weighted by atomic mass is 10.2. The second-order valence-corrected chi connectivity index (χ2v) is 9.35. The van der Waals surface area contributed by atoms with Gasteiger partial charge < -0.3 is 9.30 Å². The van der Waals surface area contributed by atoms with Gasteiger partial charge in [-0.05, 0) is 17.5 Å². The molecule has 0 aliphatic rings. The molecule has 0 aliphatic heterocycles. The molecule has 0 spiro atoms. The van der Waals surface area contributed by atoms with Crippen LogP contribution in [0.1, 0.15) is 10.4 Å². The topological polar surface area (TPSA) is 90.6 Å². The van der Waals surface area contributed by atoms with E-state index >= 15 is 0 Å². The highest BCUT2D eigenvalue weighted by molar-refractivity contribution is 7.89. The summed E-state index contributed by atoms with van der Waals surface area (Å²) in [5.41, 5.74) is -0.787. The molecular weight excluding hydrogens is 414 g/mol. The van der Waals surface area contributed by atoms with Crippen LogP contribution in [0.25, 0.3) is 0 Å². The number of aromatic nitrogens is 2. The fraction of sp³-hybridized carbons (Fsp3) is 0.263. The lowest BCUT2D eigenvalue weighted by Crippen LogP contribution is -2.42. The molecule has 0 aliphatic carbocycles. The number of aryl methyl sites for hydroxylation is 1. The van der Waals surface area contributed by atoms with Crippen molar-refractivity contribution in [3.63, 3.8) is 0 Å². The number of methoxy groups -OCH3 is 1. The van der Waals surface area contributed by atoms with E-state index in [-0.39, 0.29) is 13.1 Å². The van der Waals surface area contributed by atoms with Gasteiger partial charge in [0.2, 0.25) is 0 Å². The summed E-state index contributed by atoms with van der Waals surface area (Å²) in [6, 6.07) is 10.8. The van der Waals surface area contributed by atoms with Crippen LogP contribution >= 0.6 is 11.3 Å². The van der Waals surface area contributed by atoms with Crippen LogP contribution in [0.3, 0.4) is 0 Å². The third-order valence-corrected chi connectivity index (χ3v) is 7.12. The fourth-order valence-electron chi connectivity index (χ4n) is 2.92. The average Bonchev–Trinajstić information content (AvgIpc) is 3.22. The van der Waals surface area contributed by atoms with Gasteiger partial charge in [-0.15, -0.1) is 11.3 Å². The summed E-state index contributed by atoms with van der Waals surface area (Å²) < 4.78 is 35.4. The number of hydrogen-bond acceptors (Lipinski definition) is 6. The van der Waals surface area contributed by atoms with Crippen LogP contribution in [0.4, 0.5) is 0 Å². The Hall–Kier alpha value is -2.69. The Morgan fingerprint density at radius 2 is 1.79 bits per heavy atom. The number of thiophene rings is 1. The molecule has 0 bridgehead atoms. The normalized spacial score (nSPS) is 11.7. The van der Waals surface area contributed by atoms with Gasteiger partial charge in [-0.25, -0.2) is 13.2 Å². The van der Waals surface area contributed by atoms with E-state index in [9.17, 15) is 18.0 Å². The molecule has 0 unspecified atom stereocenters. The first-order valence-corrected chi connectivity index (χ1v) is 11.0. The molecule has 29 heavy (non-hydrogen) atoms. The zero-order valence-corrected chi connectivity index (χ0v) is 17.9. The number of rotatable bonds is 7. The second kappa shape index (κ2) is 8.36. The van der Waals surface area contributed by atoms with Gasteiger partial charge in [-0.1, -0.05) is 24.3 Å². The van der Waals surface area contributed by atoms with Crippen molar-refractivity contribution in [1.82, 2.24) is 13.4 Å². The van der Waals surface area contributed by atoms with Crippen LogP contribution in [-0.4, -0.2) is 29.0 Å². The Labute approximate surface area is 172 Å². The Bertz CT molecular complexity index is 1230. The highest BCUT2D eigenvalue weighted by atomic mass is 32.2. The first-order valence-electron chi connectivity index (χ1n) is 8.66. The number of ether oxygens (including phenoxy) is 1. The summed E-state index contributed by atoms with van der Waals surface area (Å²) in [6.07, 6.45) is 1.07. The molecular formula is C19H21N3O5S2. The summed E-state index contributed by atoms with van der Waals surface area (Å²) in [4.78, 5) is 24.9. The first-order chi connectivity index (χ1) is 13.8. The Kier molecular flexibility index (Phi) is 6.06. The third-order valence-electron chi connectivity index (χ3n) is 4.48. The fourth-order valence-corrected chi connectivity index (χ4v) is 5.26. The van der Waals surface area contributed by atoms with Crippen LogP contribution in [0.15, 0.2) is 62.5 Å². The molecule has 8 nitrogen and oxygen atoms in total. The van der Waals surface area contributed by atoms with Crippen molar-refractivity contribution in [3.8, 4) is 5.75 Å². The smallest absolute Gasteiger partial charge is 0.330 e. The first kappa shape index (κ1) is 21.0. The number of hydrogen-bond donors (Lipinski definition) is 0. The SMILES string of the molecule is COc1ccccc1CN(Cc1cccs1)S(=O)(=O)c1cn(C)c(=O)n(C)c1=O. The predicted molar refractivity (Wildman–Crippen MR) is 111 cm³/mol. The molecule has 0 saturated heterocycles. The van der Waals surface area contributed by atoms with Crippen molar-refractivity contribution in [2.24, 2.45) is 14.1 Å². The van der Waals surface area contributed by atoms with Gasteiger partial charge in [0, 0.05) is 43.8 Å². The third kappa shape index (κ3) is 4.19. The molecule has 0 N–H and O–H groups in total. The minimum atomic E-state index is -4.20. The molecule has 0 atom stereocenters. The maximum Gasteiger partial charge on any atom is 0.330 e. The molecule has 3 rings (SSSR count). The second-order valence-electron chi connectivity index (χ2n) is 6.42. The van der Waals surface area contributed by atoms with Crippen LogP contribution in [0.5, 0.6) is 5.75 Å². The van der Waals surface area contributed by atoms with Gasteiger partial charge in [0.25, 0.3) is 15.6 Å². The van der Waals surface area contributed by atoms with Crippen molar-refractivity contribution in [1.29, 1.82) is 0 Å². The summed E-state index contributed by atoms with van der Waals surface area (Å²) >= 11 is 1.42. The Morgan fingerprint density at radius 3 is 2.45 bits per heavy atom. The summed E-state index contributed by atoms with van der Waals surface area (Å²) in [7, 11) is -0.0230. The minimum absolute atomic E-state index is 0.0102. The predicted octanol–water partition coefficient (Wildman–Crippen LogP) is 1.55. The van der Waals surface area contributed by atoms with E-state index in [1.54, 1.807) is 24.3 Å². The van der Waals surface area contributed by atoms with Crippen LogP contribution < -0.4 is 16.0 Å². The molecule has 154 valence electrons. The molecule has 10 heteroatoms. The van der Waals surface area contributed by atoms with E-state index in [1.807, 2.05) is 17.5 Å². The molecule has 1 aromatic carbocycles. The molecule has 2 aromatic heterocycles. The average molecular weight is 436 g/mol. The standard InChI is InChI=1S/C19H21N3O5S2/c1-20-13-17(18(23)21(2)19(20)24)29(25,26)22(12-15-8-6-10-28-15)11-14-7-4-5-9-16(14)27-3/h4-10,13H,11-12H2,1-3H3. The van der Waals surface area contributed by atoms with E-state index in [2.05, 4.69) is 0 Å². The van der Waals surface area contributed by atoms with Gasteiger partial charge in [-0.2, -0.15) is 4.31 Å². The minimum Gasteiger partial charge on any atom is -0.496 e. The monoisotopic (exact) mass is 435 g/mol. The Balaban J connectivity index is 2.13. The number of para-hydroxylation sites is 1. The zero-order chi connectivity index (χ0) is 21.2. The molecule has 2 heterocycles. The summed E-state index contributed by atoms with van der Waals surface area (Å²) in [5.74, 6) is 0.548. The molecule has 3 aromatic rings. The summed E-state index contributed by atoms with van der Waals surface area (Å²) in [6.45, 7) is 0.0975. The number of sulfonamides is 1. The van der Waals surface area contributed by atoms with Crippen molar-refractivity contribution in [2.75, 3.05) is 7.11 Å². The van der Waals surface area contributed by atoms with Crippen molar-refractivity contribution in [2.45, 2.75) is 18.0 Å². The number of nitrogens with zero attached hydrogens (tertiary/aromatic N) is 3. The maximum atomic E-state index is 13.5. The van der Waals surface area contributed by atoms with Gasteiger partial charge in [0.15, 0.2) is 4.90 Å². The molecule has 0 amide bonds. The maximum absolute atomic E-state index is 13.5. The number of benzene rings is 1. The highest BCUT2D eigenvalue weighted by Gasteiger charge is 2.30. The van der Waals surface area contributed by atoms with Gasteiger partial charge in [0.1, 0.15) is 5.75 Å². The molecule has 0 saturated carbocycles. The van der Waals surface area contributed by atoms with Crippen LogP contribution in [0.2, 0.25) is 0 Å². The van der Waals surface area contributed by atoms with Crippen molar-refractivity contribution < 1.29 is 13.2 Å². The zero-order valence-electron chi connectivity index (χ0n) is 16.2. The van der Waals surface area contributed by atoms with Crippen LogP contribution in [-0.2, 0) is 37.2 Å². The van der Waals surface area contributed by atoms with E-state index < -0.39 is 26.2 Å². The van der Waals surface area contributed by atoms with Gasteiger partial charge >= 0.3 is 5.69 Å². The van der Waals surface area contributed by atoms with Crippen molar-refractivity contribution in [3.05, 3.63) is 79.3 Å². The Morgan fingerprint density at radius 1 is 1.07 bits per heavy atom. The van der Waals surface area contributed by atoms with E-state index in [4.69, 9.17) is 4.74 Å².